The monoisotopic (exact) mass is 433 g/mol. The highest BCUT2D eigenvalue weighted by Crippen LogP contribution is 2.42. The molecule has 8 nitrogen and oxygen atoms in total. The van der Waals surface area contributed by atoms with Gasteiger partial charge in [0, 0.05) is 48.0 Å². The van der Waals surface area contributed by atoms with Gasteiger partial charge in [-0.15, -0.1) is 0 Å². The van der Waals surface area contributed by atoms with Crippen molar-refractivity contribution in [3.63, 3.8) is 0 Å². The van der Waals surface area contributed by atoms with Gasteiger partial charge in [0.25, 0.3) is 0 Å². The molecule has 4 aromatic rings. The molecule has 0 radical (unpaired) electrons. The first kappa shape index (κ1) is 19.9. The number of methoxy groups -OCH3 is 1. The molecule has 0 spiro atoms. The molecule has 0 bridgehead atoms. The molecule has 9 heteroatoms. The number of aryl methyl sites for hydroxylation is 1. The molecule has 2 aromatic heterocycles. The Labute approximate surface area is 182 Å². The van der Waals surface area contributed by atoms with Gasteiger partial charge >= 0.3 is 5.69 Å². The van der Waals surface area contributed by atoms with Crippen LogP contribution in [0, 0.1) is 15.9 Å². The molecule has 5 rings (SSSR count). The fourth-order valence-electron chi connectivity index (χ4n) is 3.92. The number of nitro groups is 1. The number of fused-ring (bicyclic) bond motifs is 1. The molecule has 0 saturated heterocycles. The van der Waals surface area contributed by atoms with Gasteiger partial charge in [-0.1, -0.05) is 12.1 Å². The van der Waals surface area contributed by atoms with E-state index < -0.39 is 16.4 Å². The minimum absolute atomic E-state index is 0.111. The summed E-state index contributed by atoms with van der Waals surface area (Å²) < 4.78 is 21.2. The van der Waals surface area contributed by atoms with E-state index in [1.165, 1.54) is 25.5 Å². The highest BCUT2D eigenvalue weighted by atomic mass is 19.1. The molecule has 0 unspecified atom stereocenters. The van der Waals surface area contributed by atoms with E-state index in [1.54, 1.807) is 12.3 Å². The van der Waals surface area contributed by atoms with Gasteiger partial charge in [0.05, 0.1) is 23.4 Å². The molecular formula is C23H20FN5O3. The van der Waals surface area contributed by atoms with Crippen LogP contribution in [0.2, 0.25) is 0 Å². The first-order valence-corrected chi connectivity index (χ1v) is 10.2. The summed E-state index contributed by atoms with van der Waals surface area (Å²) >= 11 is 0. The topological polar surface area (TPSA) is 95.1 Å². The fourth-order valence-corrected chi connectivity index (χ4v) is 3.92. The number of anilines is 2. The number of hydrogen-bond acceptors (Lipinski definition) is 6. The van der Waals surface area contributed by atoms with Gasteiger partial charge in [-0.25, -0.2) is 9.97 Å². The van der Waals surface area contributed by atoms with E-state index in [0.717, 1.165) is 28.6 Å². The first-order chi connectivity index (χ1) is 15.4. The summed E-state index contributed by atoms with van der Waals surface area (Å²) in [5.41, 5.74) is 3.68. The normalized spacial score (nSPS) is 13.3. The van der Waals surface area contributed by atoms with Crippen molar-refractivity contribution in [1.82, 2.24) is 14.5 Å². The number of halogens is 1. The van der Waals surface area contributed by atoms with Crippen LogP contribution in [0.3, 0.4) is 0 Å². The van der Waals surface area contributed by atoms with Crippen LogP contribution in [-0.4, -0.2) is 26.6 Å². The minimum Gasteiger partial charge on any atom is -0.494 e. The molecule has 1 aliphatic rings. The van der Waals surface area contributed by atoms with E-state index in [1.807, 2.05) is 13.2 Å². The van der Waals surface area contributed by atoms with E-state index in [0.29, 0.717) is 11.6 Å². The molecule has 32 heavy (non-hydrogen) atoms. The van der Waals surface area contributed by atoms with E-state index >= 15 is 0 Å². The van der Waals surface area contributed by atoms with E-state index in [2.05, 4.69) is 38.1 Å². The molecule has 2 heterocycles. The highest BCUT2D eigenvalue weighted by molar-refractivity contribution is 5.95. The van der Waals surface area contributed by atoms with Crippen molar-refractivity contribution < 1.29 is 14.1 Å². The summed E-state index contributed by atoms with van der Waals surface area (Å²) in [6.07, 6.45) is 6.12. The van der Waals surface area contributed by atoms with Crippen LogP contribution in [0.15, 0.2) is 48.8 Å². The van der Waals surface area contributed by atoms with Crippen LogP contribution in [0.5, 0.6) is 5.75 Å². The maximum atomic E-state index is 13.9. The van der Waals surface area contributed by atoms with Gasteiger partial charge in [0.2, 0.25) is 11.8 Å². The fraction of sp³-hybridized carbons (Fsp3) is 0.217. The lowest BCUT2D eigenvalue weighted by Gasteiger charge is -2.11. The van der Waals surface area contributed by atoms with Gasteiger partial charge in [-0.3, -0.25) is 10.1 Å². The van der Waals surface area contributed by atoms with E-state index in [9.17, 15) is 14.5 Å². The highest BCUT2D eigenvalue weighted by Gasteiger charge is 2.24. The second-order valence-electron chi connectivity index (χ2n) is 7.86. The SMILES string of the molecule is COc1cc(F)c([N+](=O)[O-])cc1Nc1nccc(-c2cn(C)c3cc(C4CC4)ccc23)n1. The Morgan fingerprint density at radius 3 is 2.78 bits per heavy atom. The van der Waals surface area contributed by atoms with Crippen molar-refractivity contribution in [2.45, 2.75) is 18.8 Å². The van der Waals surface area contributed by atoms with Crippen LogP contribution in [0.25, 0.3) is 22.2 Å². The van der Waals surface area contributed by atoms with Gasteiger partial charge in [0.1, 0.15) is 5.75 Å². The van der Waals surface area contributed by atoms with Crippen molar-refractivity contribution in [2.24, 2.45) is 7.05 Å². The van der Waals surface area contributed by atoms with Crippen LogP contribution in [0.4, 0.5) is 21.7 Å². The average Bonchev–Trinajstić information content (AvgIpc) is 3.58. The Bertz CT molecular complexity index is 1360. The predicted molar refractivity (Wildman–Crippen MR) is 119 cm³/mol. The zero-order valence-electron chi connectivity index (χ0n) is 17.5. The van der Waals surface area contributed by atoms with Crippen LogP contribution < -0.4 is 10.1 Å². The van der Waals surface area contributed by atoms with E-state index in [-0.39, 0.29) is 17.4 Å². The molecule has 1 fully saturated rings. The van der Waals surface area contributed by atoms with Gasteiger partial charge in [-0.05, 0) is 36.5 Å². The summed E-state index contributed by atoms with van der Waals surface area (Å²) in [7, 11) is 3.36. The Morgan fingerprint density at radius 1 is 1.25 bits per heavy atom. The summed E-state index contributed by atoms with van der Waals surface area (Å²) in [5, 5.41) is 15.1. The zero-order valence-corrected chi connectivity index (χ0v) is 17.5. The number of nitrogens with one attached hydrogen (secondary N) is 1. The van der Waals surface area contributed by atoms with Crippen LogP contribution in [-0.2, 0) is 7.05 Å². The van der Waals surface area contributed by atoms with Crippen molar-refractivity contribution in [1.29, 1.82) is 0 Å². The molecule has 162 valence electrons. The molecule has 0 amide bonds. The third-order valence-electron chi connectivity index (χ3n) is 5.71. The third kappa shape index (κ3) is 3.51. The van der Waals surface area contributed by atoms with Gasteiger partial charge in [0.15, 0.2) is 0 Å². The minimum atomic E-state index is -0.978. The molecule has 1 saturated carbocycles. The zero-order chi connectivity index (χ0) is 22.4. The quantitative estimate of drug-likeness (QED) is 0.327. The lowest BCUT2D eigenvalue weighted by Crippen LogP contribution is -2.02. The lowest BCUT2D eigenvalue weighted by atomic mass is 10.1. The molecule has 1 aliphatic carbocycles. The smallest absolute Gasteiger partial charge is 0.307 e. The summed E-state index contributed by atoms with van der Waals surface area (Å²) in [6, 6.07) is 10.4. The van der Waals surface area contributed by atoms with Crippen molar-refractivity contribution >= 4 is 28.2 Å². The maximum Gasteiger partial charge on any atom is 0.307 e. The Hall–Kier alpha value is -4.01. The van der Waals surface area contributed by atoms with E-state index in [4.69, 9.17) is 4.74 Å². The predicted octanol–water partition coefficient (Wildman–Crippen LogP) is 5.31. The summed E-state index contributed by atoms with van der Waals surface area (Å²) in [5.74, 6) is 0.0175. The lowest BCUT2D eigenvalue weighted by molar-refractivity contribution is -0.387. The Kier molecular flexibility index (Phi) is 4.73. The maximum absolute atomic E-state index is 13.9. The van der Waals surface area contributed by atoms with Gasteiger partial charge < -0.3 is 14.6 Å². The Balaban J connectivity index is 1.52. The molecule has 2 aromatic carbocycles. The largest absolute Gasteiger partial charge is 0.494 e. The first-order valence-electron chi connectivity index (χ1n) is 10.2. The van der Waals surface area contributed by atoms with Crippen molar-refractivity contribution in [3.8, 4) is 17.0 Å². The van der Waals surface area contributed by atoms with Crippen molar-refractivity contribution in [2.75, 3.05) is 12.4 Å². The average molecular weight is 433 g/mol. The second-order valence-corrected chi connectivity index (χ2v) is 7.86. The molecule has 1 N–H and O–H groups in total. The van der Waals surface area contributed by atoms with Crippen LogP contribution >= 0.6 is 0 Å². The summed E-state index contributed by atoms with van der Waals surface area (Å²) in [4.78, 5) is 19.1. The standard InChI is InChI=1S/C23H20FN5O3/c1-28-12-16(15-6-5-14(9-20(15)28)13-3-4-13)18-7-8-25-23(26-18)27-19-11-21(29(30)31)17(24)10-22(19)32-2/h5-13H,3-4H2,1-2H3,(H,25,26,27). The third-order valence-corrected chi connectivity index (χ3v) is 5.71. The number of aromatic nitrogens is 3. The van der Waals surface area contributed by atoms with Gasteiger partial charge in [-0.2, -0.15) is 4.39 Å². The number of nitrogens with zero attached hydrogens (tertiary/aromatic N) is 4. The number of ether oxygens (including phenoxy) is 1. The van der Waals surface area contributed by atoms with Crippen molar-refractivity contribution in [3.05, 3.63) is 70.3 Å². The molecule has 0 aliphatic heterocycles. The molecular weight excluding hydrogens is 413 g/mol. The summed E-state index contributed by atoms with van der Waals surface area (Å²) in [6.45, 7) is 0. The van der Waals surface area contributed by atoms with Crippen LogP contribution in [0.1, 0.15) is 24.3 Å². The number of hydrogen-bond donors (Lipinski definition) is 1. The second kappa shape index (κ2) is 7.60. The number of rotatable bonds is 6. The number of nitro benzene ring substituents is 1. The molecule has 0 atom stereocenters. The number of benzene rings is 2. The Morgan fingerprint density at radius 2 is 2.06 bits per heavy atom.